The van der Waals surface area contributed by atoms with Crippen LogP contribution in [-0.4, -0.2) is 41.6 Å². The van der Waals surface area contributed by atoms with Gasteiger partial charge in [0.05, 0.1) is 7.11 Å². The molecule has 108 valence electrons. The number of methoxy groups -OCH3 is 1. The van der Waals surface area contributed by atoms with Gasteiger partial charge in [-0.05, 0) is 25.7 Å². The van der Waals surface area contributed by atoms with E-state index in [1.54, 1.807) is 0 Å². The molecule has 4 N–H and O–H groups in total. The van der Waals surface area contributed by atoms with Gasteiger partial charge in [-0.1, -0.05) is 0 Å². The number of carbonyl (C=O) groups excluding carboxylic acids is 2. The summed E-state index contributed by atoms with van der Waals surface area (Å²) >= 11 is 0. The lowest BCUT2D eigenvalue weighted by molar-refractivity contribution is -0.144. The molecular weight excluding hydrogens is 252 g/mol. The van der Waals surface area contributed by atoms with Crippen molar-refractivity contribution in [1.29, 1.82) is 0 Å². The van der Waals surface area contributed by atoms with Crippen molar-refractivity contribution in [2.24, 2.45) is 5.73 Å². The molecule has 1 aliphatic rings. The fourth-order valence-electron chi connectivity index (χ4n) is 1.99. The molecule has 7 heteroatoms. The first kappa shape index (κ1) is 15.4. The van der Waals surface area contributed by atoms with E-state index in [0.717, 1.165) is 19.3 Å². The van der Waals surface area contributed by atoms with Gasteiger partial charge in [0.1, 0.15) is 6.04 Å². The van der Waals surface area contributed by atoms with Crippen molar-refractivity contribution in [1.82, 2.24) is 5.32 Å². The van der Waals surface area contributed by atoms with Crippen molar-refractivity contribution in [3.8, 4) is 0 Å². The number of carbonyl (C=O) groups is 3. The third-order valence-electron chi connectivity index (χ3n) is 3.36. The predicted octanol–water partition coefficient (Wildman–Crippen LogP) is -0.219. The van der Waals surface area contributed by atoms with Gasteiger partial charge in [0.25, 0.3) is 0 Å². The maximum atomic E-state index is 11.7. The maximum Gasteiger partial charge on any atom is 0.326 e. The number of nitrogens with two attached hydrogens (primary N) is 1. The average molecular weight is 272 g/mol. The minimum Gasteiger partial charge on any atom is -0.480 e. The standard InChI is InChI=1S/C12H20N2O5/c1-19-10(16)4-3-8(11(17)18)14-9(15)7-12(13)5-2-6-12/h8H,2-7,13H2,1H3,(H,14,15)(H,17,18). The first-order valence-electron chi connectivity index (χ1n) is 6.24. The summed E-state index contributed by atoms with van der Waals surface area (Å²) < 4.78 is 4.43. The molecule has 0 bridgehead atoms. The lowest BCUT2D eigenvalue weighted by Gasteiger charge is -2.37. The monoisotopic (exact) mass is 272 g/mol. The molecule has 1 saturated carbocycles. The van der Waals surface area contributed by atoms with Crippen molar-refractivity contribution in [3.05, 3.63) is 0 Å². The molecule has 0 radical (unpaired) electrons. The Morgan fingerprint density at radius 2 is 2.05 bits per heavy atom. The van der Waals surface area contributed by atoms with E-state index in [1.165, 1.54) is 7.11 Å². The smallest absolute Gasteiger partial charge is 0.326 e. The number of nitrogens with one attached hydrogen (secondary N) is 1. The number of carboxylic acid groups (broad SMARTS) is 1. The van der Waals surface area contributed by atoms with Crippen LogP contribution in [-0.2, 0) is 19.1 Å². The Bertz CT molecular complexity index is 365. The van der Waals surface area contributed by atoms with Crippen molar-refractivity contribution >= 4 is 17.8 Å². The molecular formula is C12H20N2O5. The number of esters is 1. The highest BCUT2D eigenvalue weighted by Crippen LogP contribution is 2.31. The van der Waals surface area contributed by atoms with Crippen LogP contribution in [0.5, 0.6) is 0 Å². The molecule has 1 rings (SSSR count). The highest BCUT2D eigenvalue weighted by Gasteiger charge is 2.35. The molecule has 19 heavy (non-hydrogen) atoms. The van der Waals surface area contributed by atoms with Gasteiger partial charge < -0.3 is 20.9 Å². The van der Waals surface area contributed by atoms with Crippen LogP contribution in [0.4, 0.5) is 0 Å². The average Bonchev–Trinajstić information content (AvgIpc) is 2.31. The molecule has 1 unspecified atom stereocenters. The molecule has 0 heterocycles. The number of carboxylic acids is 1. The molecule has 0 aliphatic heterocycles. The van der Waals surface area contributed by atoms with Crippen LogP contribution in [0.2, 0.25) is 0 Å². The minimum atomic E-state index is -1.17. The van der Waals surface area contributed by atoms with Gasteiger partial charge in [0.2, 0.25) is 5.91 Å². The van der Waals surface area contributed by atoms with Crippen LogP contribution < -0.4 is 11.1 Å². The molecule has 0 aromatic carbocycles. The molecule has 1 amide bonds. The van der Waals surface area contributed by atoms with Gasteiger partial charge in [0, 0.05) is 18.4 Å². The van der Waals surface area contributed by atoms with Crippen molar-refractivity contribution in [3.63, 3.8) is 0 Å². The molecule has 0 spiro atoms. The van der Waals surface area contributed by atoms with Gasteiger partial charge in [0.15, 0.2) is 0 Å². The van der Waals surface area contributed by atoms with Crippen molar-refractivity contribution in [2.45, 2.75) is 50.1 Å². The van der Waals surface area contributed by atoms with E-state index >= 15 is 0 Å². The molecule has 1 atom stereocenters. The van der Waals surface area contributed by atoms with E-state index in [4.69, 9.17) is 10.8 Å². The molecule has 0 aromatic rings. The number of ether oxygens (including phenoxy) is 1. The Labute approximate surface area is 111 Å². The third-order valence-corrected chi connectivity index (χ3v) is 3.36. The number of amides is 1. The van der Waals surface area contributed by atoms with E-state index in [-0.39, 0.29) is 25.2 Å². The SMILES string of the molecule is COC(=O)CCC(NC(=O)CC1(N)CCC1)C(=O)O. The first-order chi connectivity index (χ1) is 8.86. The van der Waals surface area contributed by atoms with Gasteiger partial charge >= 0.3 is 11.9 Å². The van der Waals surface area contributed by atoms with Gasteiger partial charge in [-0.15, -0.1) is 0 Å². The second-order valence-electron chi connectivity index (χ2n) is 4.97. The second kappa shape index (κ2) is 6.51. The molecule has 1 fully saturated rings. The summed E-state index contributed by atoms with van der Waals surface area (Å²) in [5, 5.41) is 11.4. The summed E-state index contributed by atoms with van der Waals surface area (Å²) in [6.45, 7) is 0. The summed E-state index contributed by atoms with van der Waals surface area (Å²) in [6.07, 6.45) is 2.62. The van der Waals surface area contributed by atoms with Crippen molar-refractivity contribution in [2.75, 3.05) is 7.11 Å². The normalized spacial score (nSPS) is 18.0. The van der Waals surface area contributed by atoms with E-state index < -0.39 is 23.5 Å². The zero-order chi connectivity index (χ0) is 14.5. The largest absolute Gasteiger partial charge is 0.480 e. The topological polar surface area (TPSA) is 119 Å². The van der Waals surface area contributed by atoms with E-state index in [1.807, 2.05) is 0 Å². The summed E-state index contributed by atoms with van der Waals surface area (Å²) in [5.74, 6) is -2.06. The quantitative estimate of drug-likeness (QED) is 0.551. The Morgan fingerprint density at radius 1 is 1.42 bits per heavy atom. The van der Waals surface area contributed by atoms with Gasteiger partial charge in [-0.3, -0.25) is 9.59 Å². The summed E-state index contributed by atoms with van der Waals surface area (Å²) in [5.41, 5.74) is 5.43. The van der Waals surface area contributed by atoms with Crippen LogP contribution in [0.15, 0.2) is 0 Å². The van der Waals surface area contributed by atoms with Crippen LogP contribution in [0.1, 0.15) is 38.5 Å². The van der Waals surface area contributed by atoms with Crippen LogP contribution >= 0.6 is 0 Å². The Morgan fingerprint density at radius 3 is 2.47 bits per heavy atom. The maximum absolute atomic E-state index is 11.7. The van der Waals surface area contributed by atoms with Crippen LogP contribution in [0.25, 0.3) is 0 Å². The lowest BCUT2D eigenvalue weighted by atomic mass is 9.75. The number of rotatable bonds is 7. The molecule has 7 nitrogen and oxygen atoms in total. The third kappa shape index (κ3) is 4.86. The van der Waals surface area contributed by atoms with Crippen LogP contribution in [0, 0.1) is 0 Å². The van der Waals surface area contributed by atoms with Crippen molar-refractivity contribution < 1.29 is 24.2 Å². The van der Waals surface area contributed by atoms with Gasteiger partial charge in [-0.2, -0.15) is 0 Å². The summed E-state index contributed by atoms with van der Waals surface area (Å²) in [7, 11) is 1.23. The second-order valence-corrected chi connectivity index (χ2v) is 4.97. The fraction of sp³-hybridized carbons (Fsp3) is 0.750. The number of hydrogen-bond donors (Lipinski definition) is 3. The van der Waals surface area contributed by atoms with E-state index in [2.05, 4.69) is 10.1 Å². The van der Waals surface area contributed by atoms with E-state index in [0.29, 0.717) is 0 Å². The zero-order valence-corrected chi connectivity index (χ0v) is 11.0. The summed E-state index contributed by atoms with van der Waals surface area (Å²) in [6, 6.07) is -1.09. The minimum absolute atomic E-state index is 0.00528. The molecule has 0 saturated heterocycles. The van der Waals surface area contributed by atoms with Gasteiger partial charge in [-0.25, -0.2) is 4.79 Å². The first-order valence-corrected chi connectivity index (χ1v) is 6.24. The predicted molar refractivity (Wildman–Crippen MR) is 66.2 cm³/mol. The molecule has 1 aliphatic carbocycles. The Kier molecular flexibility index (Phi) is 5.29. The number of hydrogen-bond acceptors (Lipinski definition) is 5. The van der Waals surface area contributed by atoms with E-state index in [9.17, 15) is 14.4 Å². The van der Waals surface area contributed by atoms with Crippen LogP contribution in [0.3, 0.4) is 0 Å². The Balaban J connectivity index is 2.41. The Hall–Kier alpha value is -1.63. The summed E-state index contributed by atoms with van der Waals surface area (Å²) in [4.78, 5) is 33.7. The highest BCUT2D eigenvalue weighted by atomic mass is 16.5. The zero-order valence-electron chi connectivity index (χ0n) is 11.0. The molecule has 0 aromatic heterocycles. The highest BCUT2D eigenvalue weighted by molar-refractivity contribution is 5.84. The fourth-order valence-corrected chi connectivity index (χ4v) is 1.99. The number of aliphatic carboxylic acids is 1. The lowest BCUT2D eigenvalue weighted by Crippen LogP contribution is -2.52.